The summed E-state index contributed by atoms with van der Waals surface area (Å²) >= 11 is 4.21. The third-order valence-electron chi connectivity index (χ3n) is 10.0. The maximum absolute atomic E-state index is 14.0. The van der Waals surface area contributed by atoms with Crippen molar-refractivity contribution in [1.82, 2.24) is 41.8 Å². The second-order valence-electron chi connectivity index (χ2n) is 14.3. The maximum Gasteiger partial charge on any atom is 0.326 e. The van der Waals surface area contributed by atoms with Crippen LogP contribution >= 0.6 is 12.6 Å². The predicted octanol–water partition coefficient (Wildman–Crippen LogP) is -2.56. The standard InChI is InChI=1S/C37H53N11O10S/c38-37(39)41-14-4-9-24(45-34(55)27(19-59)47-32(53)23-8-3-13-40-23)31(52)43-18-29(49)44-26(16-20-17-42-22-7-2-1-6-21(20)22)33(54)46-25(11-12-30(50)51)35(56)48-15-5-10-28(48)36(57)58/h1-2,6-7,17,23-28,40,42,59H,3-5,8-16,18-19H2,(H,43,52)(H,44,49)(H,45,55)(H,46,54)(H,47,53)(H,50,51)(H,57,58)(H4,38,39,41). The number of hydrogen-bond acceptors (Lipinski definition) is 11. The fourth-order valence-corrected chi connectivity index (χ4v) is 7.23. The molecule has 0 spiro atoms. The molecule has 0 radical (unpaired) electrons. The lowest BCUT2D eigenvalue weighted by molar-refractivity contribution is -0.150. The van der Waals surface area contributed by atoms with Gasteiger partial charge >= 0.3 is 11.9 Å². The molecule has 6 amide bonds. The molecule has 4 rings (SSSR count). The molecule has 0 aliphatic carbocycles. The van der Waals surface area contributed by atoms with Crippen molar-refractivity contribution in [3.05, 3.63) is 36.0 Å². The van der Waals surface area contributed by atoms with Crippen LogP contribution in [0.4, 0.5) is 0 Å². The van der Waals surface area contributed by atoms with Crippen molar-refractivity contribution in [2.24, 2.45) is 16.5 Å². The molecular formula is C37H53N11O10S. The van der Waals surface area contributed by atoms with Crippen LogP contribution in [0.5, 0.6) is 0 Å². The molecule has 22 heteroatoms. The summed E-state index contributed by atoms with van der Waals surface area (Å²) in [7, 11) is 0. The number of nitrogens with two attached hydrogens (primary N) is 2. The SMILES string of the molecule is NC(N)=NCCCC(NC(=O)C(CS)NC(=O)C1CCCN1)C(=O)NCC(=O)NC(Cc1c[nH]c2ccccc12)C(=O)NC(CCC(=O)O)C(=O)N1CCCC1C(=O)O. The van der Waals surface area contributed by atoms with Crippen molar-refractivity contribution >= 4 is 76.9 Å². The Morgan fingerprint density at radius 3 is 2.29 bits per heavy atom. The minimum absolute atomic E-state index is 0.0322. The number of fused-ring (bicyclic) bond motifs is 1. The van der Waals surface area contributed by atoms with Gasteiger partial charge in [0.1, 0.15) is 30.2 Å². The molecule has 322 valence electrons. The Labute approximate surface area is 345 Å². The number of likely N-dealkylation sites (tertiary alicyclic amines) is 1. The van der Waals surface area contributed by atoms with Crippen molar-refractivity contribution in [2.45, 2.75) is 94.0 Å². The van der Waals surface area contributed by atoms with E-state index < -0.39 is 90.7 Å². The second kappa shape index (κ2) is 22.3. The summed E-state index contributed by atoms with van der Waals surface area (Å²) in [4.78, 5) is 112. The van der Waals surface area contributed by atoms with Gasteiger partial charge in [0.05, 0.1) is 12.6 Å². The zero-order valence-corrected chi connectivity index (χ0v) is 33.3. The Hall–Kier alpha value is -5.90. The molecule has 2 aliphatic heterocycles. The summed E-state index contributed by atoms with van der Waals surface area (Å²) in [5.74, 6) is -7.01. The summed E-state index contributed by atoms with van der Waals surface area (Å²) in [5, 5.41) is 35.7. The quantitative estimate of drug-likeness (QED) is 0.0252. The minimum atomic E-state index is -1.43. The monoisotopic (exact) mass is 843 g/mol. The lowest BCUT2D eigenvalue weighted by Gasteiger charge is -2.28. The minimum Gasteiger partial charge on any atom is -0.481 e. The van der Waals surface area contributed by atoms with Crippen LogP contribution in [0, 0.1) is 0 Å². The average molecular weight is 844 g/mol. The predicted molar refractivity (Wildman–Crippen MR) is 217 cm³/mol. The number of carboxylic acid groups (broad SMARTS) is 2. The van der Waals surface area contributed by atoms with Gasteiger partial charge in [0, 0.05) is 48.8 Å². The zero-order valence-electron chi connectivity index (χ0n) is 32.4. The van der Waals surface area contributed by atoms with E-state index in [9.17, 15) is 48.6 Å². The van der Waals surface area contributed by atoms with E-state index in [1.54, 1.807) is 24.4 Å². The first-order valence-corrected chi connectivity index (χ1v) is 20.0. The Kier molecular flexibility index (Phi) is 17.3. The number of benzene rings is 1. The molecule has 1 aromatic heterocycles. The van der Waals surface area contributed by atoms with E-state index >= 15 is 0 Å². The van der Waals surface area contributed by atoms with Crippen LogP contribution in [-0.2, 0) is 44.8 Å². The van der Waals surface area contributed by atoms with Gasteiger partial charge in [-0.1, -0.05) is 18.2 Å². The van der Waals surface area contributed by atoms with Gasteiger partial charge in [0.2, 0.25) is 35.4 Å². The van der Waals surface area contributed by atoms with Gasteiger partial charge in [-0.25, -0.2) is 4.79 Å². The largest absolute Gasteiger partial charge is 0.481 e. The fraction of sp³-hybridized carbons (Fsp3) is 0.541. The lowest BCUT2D eigenvalue weighted by Crippen LogP contribution is -2.58. The number of thiol groups is 1. The molecule has 13 N–H and O–H groups in total. The highest BCUT2D eigenvalue weighted by Gasteiger charge is 2.39. The summed E-state index contributed by atoms with van der Waals surface area (Å²) in [6, 6.07) is 0.503. The zero-order chi connectivity index (χ0) is 43.1. The van der Waals surface area contributed by atoms with Crippen LogP contribution < -0.4 is 43.4 Å². The average Bonchev–Trinajstić information content (AvgIpc) is 4.00. The molecule has 2 aliphatic rings. The number of para-hydroxylation sites is 1. The first-order chi connectivity index (χ1) is 28.2. The number of amides is 6. The lowest BCUT2D eigenvalue weighted by atomic mass is 10.0. The topological polar surface area (TPSA) is 333 Å². The van der Waals surface area contributed by atoms with Gasteiger partial charge in [-0.15, -0.1) is 0 Å². The van der Waals surface area contributed by atoms with Crippen LogP contribution in [0.3, 0.4) is 0 Å². The Morgan fingerprint density at radius 2 is 1.61 bits per heavy atom. The second-order valence-corrected chi connectivity index (χ2v) is 14.7. The van der Waals surface area contributed by atoms with Crippen LogP contribution in [-0.4, -0.2) is 142 Å². The molecule has 2 saturated heterocycles. The third-order valence-corrected chi connectivity index (χ3v) is 10.4. The van der Waals surface area contributed by atoms with Crippen LogP contribution in [0.1, 0.15) is 56.9 Å². The number of nitrogens with one attached hydrogen (secondary N) is 7. The number of aliphatic imine (C=N–C) groups is 1. The number of H-pyrrole nitrogens is 1. The normalized spacial score (nSPS) is 18.2. The molecule has 2 aromatic rings. The molecule has 6 unspecified atom stereocenters. The number of guanidine groups is 1. The molecule has 0 bridgehead atoms. The fourth-order valence-electron chi connectivity index (χ4n) is 6.97. The van der Waals surface area contributed by atoms with Crippen molar-refractivity contribution in [3.8, 4) is 0 Å². The first kappa shape index (κ1) is 45.8. The van der Waals surface area contributed by atoms with Gasteiger partial charge in [0.15, 0.2) is 5.96 Å². The van der Waals surface area contributed by atoms with Crippen LogP contribution in [0.25, 0.3) is 10.9 Å². The van der Waals surface area contributed by atoms with E-state index in [2.05, 4.69) is 54.5 Å². The van der Waals surface area contributed by atoms with Crippen molar-refractivity contribution in [2.75, 3.05) is 31.9 Å². The molecule has 59 heavy (non-hydrogen) atoms. The van der Waals surface area contributed by atoms with E-state index in [0.717, 1.165) is 22.2 Å². The van der Waals surface area contributed by atoms with E-state index in [1.165, 1.54) is 0 Å². The van der Waals surface area contributed by atoms with Crippen LogP contribution in [0.15, 0.2) is 35.5 Å². The van der Waals surface area contributed by atoms with E-state index in [4.69, 9.17) is 11.5 Å². The van der Waals surface area contributed by atoms with Gasteiger partial charge in [-0.3, -0.25) is 38.6 Å². The van der Waals surface area contributed by atoms with Gasteiger partial charge in [-0.2, -0.15) is 12.6 Å². The number of aromatic nitrogens is 1. The summed E-state index contributed by atoms with van der Waals surface area (Å²) in [6.07, 6.45) is 2.95. The molecule has 6 atom stereocenters. The first-order valence-electron chi connectivity index (χ1n) is 19.4. The van der Waals surface area contributed by atoms with Crippen molar-refractivity contribution in [3.63, 3.8) is 0 Å². The summed E-state index contributed by atoms with van der Waals surface area (Å²) in [5.41, 5.74) is 12.2. The maximum atomic E-state index is 14.0. The number of aromatic amines is 1. The Morgan fingerprint density at radius 1 is 0.881 bits per heavy atom. The summed E-state index contributed by atoms with van der Waals surface area (Å²) in [6.45, 7) is 0.225. The van der Waals surface area contributed by atoms with Crippen molar-refractivity contribution < 1.29 is 48.6 Å². The molecule has 0 saturated carbocycles. The molecule has 21 nitrogen and oxygen atoms in total. The number of aliphatic carboxylic acids is 2. The highest BCUT2D eigenvalue weighted by molar-refractivity contribution is 7.80. The van der Waals surface area contributed by atoms with Crippen LogP contribution in [0.2, 0.25) is 0 Å². The molecule has 2 fully saturated rings. The highest BCUT2D eigenvalue weighted by Crippen LogP contribution is 2.21. The molecular weight excluding hydrogens is 791 g/mol. The third kappa shape index (κ3) is 13.6. The highest BCUT2D eigenvalue weighted by atomic mass is 32.1. The van der Waals surface area contributed by atoms with E-state index in [0.29, 0.717) is 24.9 Å². The van der Waals surface area contributed by atoms with E-state index in [-0.39, 0.29) is 62.8 Å². The molecule has 3 heterocycles. The van der Waals surface area contributed by atoms with Crippen molar-refractivity contribution in [1.29, 1.82) is 0 Å². The number of hydrogen-bond donors (Lipinski definition) is 12. The summed E-state index contributed by atoms with van der Waals surface area (Å²) < 4.78 is 0. The number of carboxylic acids is 2. The smallest absolute Gasteiger partial charge is 0.326 e. The van der Waals surface area contributed by atoms with Gasteiger partial charge in [0.25, 0.3) is 0 Å². The number of carbonyl (C=O) groups is 8. The number of nitrogens with zero attached hydrogens (tertiary/aromatic N) is 2. The van der Waals surface area contributed by atoms with E-state index in [1.807, 2.05) is 6.07 Å². The molecule has 1 aromatic carbocycles. The van der Waals surface area contributed by atoms with Gasteiger partial charge in [-0.05, 0) is 63.1 Å². The Bertz CT molecular complexity index is 1880. The van der Waals surface area contributed by atoms with Gasteiger partial charge < -0.3 is 63.5 Å². The number of carbonyl (C=O) groups excluding carboxylic acids is 6. The Balaban J connectivity index is 1.49. The number of rotatable bonds is 22.